The Balaban J connectivity index is 2.18. The van der Waals surface area contributed by atoms with Gasteiger partial charge in [0.05, 0.1) is 5.60 Å². The van der Waals surface area contributed by atoms with Crippen molar-refractivity contribution in [2.24, 2.45) is 0 Å². The fourth-order valence-electron chi connectivity index (χ4n) is 3.38. The lowest BCUT2D eigenvalue weighted by Gasteiger charge is -2.48. The van der Waals surface area contributed by atoms with Crippen molar-refractivity contribution in [2.75, 3.05) is 0 Å². The molecule has 2 bridgehead atoms. The summed E-state index contributed by atoms with van der Waals surface area (Å²) in [6.07, 6.45) is 3.38. The molecule has 1 nitrogen and oxygen atoms in total. The van der Waals surface area contributed by atoms with Gasteiger partial charge in [0.15, 0.2) is 0 Å². The maximum atomic E-state index is 10.3. The van der Waals surface area contributed by atoms with E-state index in [4.69, 9.17) is 0 Å². The van der Waals surface area contributed by atoms with Crippen LogP contribution >= 0.6 is 0 Å². The summed E-state index contributed by atoms with van der Waals surface area (Å²) in [4.78, 5) is 0. The minimum Gasteiger partial charge on any atom is -0.390 e. The molecule has 1 heteroatoms. The van der Waals surface area contributed by atoms with E-state index in [-0.39, 0.29) is 0 Å². The van der Waals surface area contributed by atoms with E-state index in [1.165, 1.54) is 17.5 Å². The van der Waals surface area contributed by atoms with Gasteiger partial charge in [0.25, 0.3) is 0 Å². The van der Waals surface area contributed by atoms with Gasteiger partial charge in [-0.25, -0.2) is 0 Å². The van der Waals surface area contributed by atoms with Crippen LogP contribution in [0, 0.1) is 0 Å². The van der Waals surface area contributed by atoms with Gasteiger partial charge in [-0.05, 0) is 43.2 Å². The number of aliphatic hydroxyl groups is 1. The monoisotopic (exact) mass is 188 g/mol. The van der Waals surface area contributed by atoms with Gasteiger partial charge in [0.2, 0.25) is 0 Å². The fraction of sp³-hybridized carbons (Fsp3) is 0.538. The molecule has 1 saturated carbocycles. The highest BCUT2D eigenvalue weighted by atomic mass is 16.3. The van der Waals surface area contributed by atoms with Crippen LogP contribution in [-0.2, 0) is 0 Å². The summed E-state index contributed by atoms with van der Waals surface area (Å²) in [5.41, 5.74) is 2.44. The normalized spacial score (nSPS) is 39.6. The number of hydrogen-bond donors (Lipinski definition) is 1. The van der Waals surface area contributed by atoms with Crippen LogP contribution in [-0.4, -0.2) is 10.7 Å². The first-order chi connectivity index (χ1) is 6.68. The van der Waals surface area contributed by atoms with Crippen LogP contribution in [0.25, 0.3) is 0 Å². The number of benzene rings is 1. The van der Waals surface area contributed by atoms with Crippen molar-refractivity contribution in [2.45, 2.75) is 43.6 Å². The standard InChI is InChI=1S/C13H16O/c1-13(14)8-9-6-7-12(13)11-5-3-2-4-10(9)11/h2-5,9,12,14H,6-8H2,1H3/t9-,12+,13+/m0/s1. The summed E-state index contributed by atoms with van der Waals surface area (Å²) in [7, 11) is 0. The first kappa shape index (κ1) is 8.49. The summed E-state index contributed by atoms with van der Waals surface area (Å²) < 4.78 is 0. The highest BCUT2D eigenvalue weighted by molar-refractivity contribution is 5.40. The van der Waals surface area contributed by atoms with Crippen LogP contribution in [0.5, 0.6) is 0 Å². The molecule has 1 N–H and O–H groups in total. The average Bonchev–Trinajstić information content (AvgIpc) is 2.17. The molecule has 0 heterocycles. The molecule has 0 aliphatic heterocycles. The lowest BCUT2D eigenvalue weighted by molar-refractivity contribution is -0.0168. The predicted molar refractivity (Wildman–Crippen MR) is 56.4 cm³/mol. The van der Waals surface area contributed by atoms with Crippen molar-refractivity contribution in [3.63, 3.8) is 0 Å². The minimum atomic E-state index is -0.461. The lowest BCUT2D eigenvalue weighted by atomic mass is 9.60. The Labute approximate surface area is 84.8 Å². The van der Waals surface area contributed by atoms with Crippen molar-refractivity contribution in [3.8, 4) is 0 Å². The highest BCUT2D eigenvalue weighted by Gasteiger charge is 2.45. The number of fused-ring (bicyclic) bond motifs is 2. The third-order valence-electron chi connectivity index (χ3n) is 4.03. The molecule has 4 rings (SSSR count). The number of rotatable bonds is 0. The molecule has 0 saturated heterocycles. The summed E-state index contributed by atoms with van der Waals surface area (Å²) in [6, 6.07) is 8.64. The van der Waals surface area contributed by atoms with Crippen LogP contribution in [0.3, 0.4) is 0 Å². The van der Waals surface area contributed by atoms with Crippen molar-refractivity contribution >= 4 is 0 Å². The van der Waals surface area contributed by atoms with Crippen molar-refractivity contribution in [1.29, 1.82) is 0 Å². The Morgan fingerprint density at radius 2 is 1.93 bits per heavy atom. The minimum absolute atomic E-state index is 0.378. The van der Waals surface area contributed by atoms with E-state index in [0.717, 1.165) is 12.8 Å². The highest BCUT2D eigenvalue weighted by Crippen LogP contribution is 2.53. The summed E-state index contributed by atoms with van der Waals surface area (Å²) in [5.74, 6) is 0.981. The molecule has 3 aliphatic rings. The second kappa shape index (κ2) is 2.60. The Hall–Kier alpha value is -0.820. The molecule has 74 valence electrons. The summed E-state index contributed by atoms with van der Waals surface area (Å²) in [5, 5.41) is 10.3. The zero-order valence-electron chi connectivity index (χ0n) is 8.53. The SMILES string of the molecule is C[C@@]1(O)C[C@@H]2CC[C@@H]1c1ccccc12. The molecule has 1 fully saturated rings. The maximum Gasteiger partial charge on any atom is 0.0693 e. The quantitative estimate of drug-likeness (QED) is 0.663. The molecule has 0 amide bonds. The molecule has 14 heavy (non-hydrogen) atoms. The molecule has 3 aliphatic carbocycles. The topological polar surface area (TPSA) is 20.2 Å². The maximum absolute atomic E-state index is 10.3. The van der Waals surface area contributed by atoms with Gasteiger partial charge in [0.1, 0.15) is 0 Å². The summed E-state index contributed by atoms with van der Waals surface area (Å²) in [6.45, 7) is 2.00. The fourth-order valence-corrected chi connectivity index (χ4v) is 3.38. The van der Waals surface area contributed by atoms with Gasteiger partial charge in [-0.15, -0.1) is 0 Å². The third kappa shape index (κ3) is 0.992. The second-order valence-electron chi connectivity index (χ2n) is 5.02. The Kier molecular flexibility index (Phi) is 1.58. The van der Waals surface area contributed by atoms with Gasteiger partial charge in [-0.3, -0.25) is 0 Å². The van der Waals surface area contributed by atoms with Gasteiger partial charge < -0.3 is 5.11 Å². The van der Waals surface area contributed by atoms with Crippen LogP contribution in [0.15, 0.2) is 24.3 Å². The Morgan fingerprint density at radius 1 is 1.21 bits per heavy atom. The molecule has 0 spiro atoms. The van der Waals surface area contributed by atoms with E-state index in [9.17, 15) is 5.11 Å². The van der Waals surface area contributed by atoms with E-state index in [2.05, 4.69) is 24.3 Å². The zero-order valence-corrected chi connectivity index (χ0v) is 8.53. The van der Waals surface area contributed by atoms with E-state index in [0.29, 0.717) is 11.8 Å². The lowest BCUT2D eigenvalue weighted by Crippen LogP contribution is -2.43. The van der Waals surface area contributed by atoms with E-state index in [1.807, 2.05) is 6.92 Å². The third-order valence-corrected chi connectivity index (χ3v) is 4.03. The Morgan fingerprint density at radius 3 is 2.64 bits per heavy atom. The van der Waals surface area contributed by atoms with Crippen LogP contribution in [0.1, 0.15) is 49.1 Å². The average molecular weight is 188 g/mol. The molecule has 1 aromatic carbocycles. The smallest absolute Gasteiger partial charge is 0.0693 e. The molecule has 3 atom stereocenters. The van der Waals surface area contributed by atoms with Crippen LogP contribution < -0.4 is 0 Å². The van der Waals surface area contributed by atoms with Crippen molar-refractivity contribution in [3.05, 3.63) is 35.4 Å². The van der Waals surface area contributed by atoms with Gasteiger partial charge in [-0.1, -0.05) is 24.3 Å². The number of hydrogen-bond acceptors (Lipinski definition) is 1. The first-order valence-electron chi connectivity index (χ1n) is 5.50. The summed E-state index contributed by atoms with van der Waals surface area (Å²) >= 11 is 0. The molecular weight excluding hydrogens is 172 g/mol. The molecule has 0 aromatic heterocycles. The van der Waals surface area contributed by atoms with E-state index >= 15 is 0 Å². The van der Waals surface area contributed by atoms with E-state index in [1.54, 1.807) is 0 Å². The molecular formula is C13H16O. The zero-order chi connectivity index (χ0) is 9.76. The molecule has 0 radical (unpaired) electrons. The Bertz CT molecular complexity index is 367. The van der Waals surface area contributed by atoms with Crippen LogP contribution in [0.4, 0.5) is 0 Å². The molecule has 0 unspecified atom stereocenters. The largest absolute Gasteiger partial charge is 0.390 e. The van der Waals surface area contributed by atoms with Gasteiger partial charge in [-0.2, -0.15) is 0 Å². The van der Waals surface area contributed by atoms with Gasteiger partial charge >= 0.3 is 0 Å². The second-order valence-corrected chi connectivity index (χ2v) is 5.02. The molecule has 1 aromatic rings. The van der Waals surface area contributed by atoms with E-state index < -0.39 is 5.60 Å². The predicted octanol–water partition coefficient (Wildman–Crippen LogP) is 2.80. The van der Waals surface area contributed by atoms with Gasteiger partial charge in [0, 0.05) is 5.92 Å². The first-order valence-corrected chi connectivity index (χ1v) is 5.50. The van der Waals surface area contributed by atoms with Crippen molar-refractivity contribution < 1.29 is 5.11 Å². The van der Waals surface area contributed by atoms with Crippen LogP contribution in [0.2, 0.25) is 0 Å². The van der Waals surface area contributed by atoms with Crippen molar-refractivity contribution in [1.82, 2.24) is 0 Å².